The summed E-state index contributed by atoms with van der Waals surface area (Å²) in [5.74, 6) is -0.222. The summed E-state index contributed by atoms with van der Waals surface area (Å²) < 4.78 is 16.3. The first-order chi connectivity index (χ1) is 11.7. The first-order valence-electron chi connectivity index (χ1n) is 8.64. The summed E-state index contributed by atoms with van der Waals surface area (Å²) in [5, 5.41) is 0. The third kappa shape index (κ3) is 3.68. The van der Waals surface area contributed by atoms with E-state index in [2.05, 4.69) is 50.7 Å². The largest absolute Gasteiger partial charge is 0.365 e. The Morgan fingerprint density at radius 2 is 1.88 bits per heavy atom. The number of nitrogens with zero attached hydrogens (tertiary/aromatic N) is 2. The van der Waals surface area contributed by atoms with Crippen LogP contribution in [0.2, 0.25) is 0 Å². The zero-order chi connectivity index (χ0) is 18.2. The molecule has 0 bridgehead atoms. The van der Waals surface area contributed by atoms with E-state index in [1.165, 1.54) is 5.69 Å². The maximum absolute atomic E-state index is 14.6. The molecular weight excluding hydrogens is 313 g/mol. The van der Waals surface area contributed by atoms with E-state index in [1.54, 1.807) is 17.0 Å². The third-order valence-corrected chi connectivity index (χ3v) is 4.68. The normalized spacial score (nSPS) is 12.6. The van der Waals surface area contributed by atoms with Gasteiger partial charge in [0, 0.05) is 29.9 Å². The van der Waals surface area contributed by atoms with Crippen LogP contribution in [-0.4, -0.2) is 14.5 Å². The molecule has 0 fully saturated rings. The SMILES string of the molecule is CC(C)(C)c1ccc(-n2cnc(CC(C)(C)c3ccc[nH]3)c2)c(F)c1. The summed E-state index contributed by atoms with van der Waals surface area (Å²) in [7, 11) is 0. The van der Waals surface area contributed by atoms with Crippen molar-refractivity contribution < 1.29 is 4.39 Å². The molecule has 0 aliphatic rings. The number of H-pyrrole nitrogens is 1. The van der Waals surface area contributed by atoms with Crippen molar-refractivity contribution in [3.8, 4) is 5.69 Å². The number of halogens is 1. The predicted molar refractivity (Wildman–Crippen MR) is 99.7 cm³/mol. The van der Waals surface area contributed by atoms with Crippen molar-refractivity contribution in [3.63, 3.8) is 0 Å². The number of benzene rings is 1. The Balaban J connectivity index is 1.85. The zero-order valence-electron chi connectivity index (χ0n) is 15.6. The van der Waals surface area contributed by atoms with Gasteiger partial charge in [-0.2, -0.15) is 0 Å². The Morgan fingerprint density at radius 3 is 2.48 bits per heavy atom. The highest BCUT2D eigenvalue weighted by molar-refractivity contribution is 5.39. The first-order valence-corrected chi connectivity index (χ1v) is 8.64. The van der Waals surface area contributed by atoms with Crippen LogP contribution in [0, 0.1) is 5.82 Å². The Kier molecular flexibility index (Phi) is 4.31. The molecule has 0 aliphatic carbocycles. The van der Waals surface area contributed by atoms with Crippen LogP contribution in [-0.2, 0) is 17.3 Å². The lowest BCUT2D eigenvalue weighted by molar-refractivity contribution is 0.502. The fraction of sp³-hybridized carbons (Fsp3) is 0.381. The van der Waals surface area contributed by atoms with Crippen LogP contribution in [0.15, 0.2) is 49.1 Å². The van der Waals surface area contributed by atoms with E-state index in [1.807, 2.05) is 30.6 Å². The van der Waals surface area contributed by atoms with E-state index in [9.17, 15) is 4.39 Å². The Labute approximate surface area is 148 Å². The Bertz CT molecular complexity index is 852. The number of aromatic nitrogens is 3. The maximum Gasteiger partial charge on any atom is 0.147 e. The molecule has 0 saturated heterocycles. The Hall–Kier alpha value is -2.36. The van der Waals surface area contributed by atoms with Gasteiger partial charge in [-0.3, -0.25) is 0 Å². The van der Waals surface area contributed by atoms with Crippen LogP contribution in [0.1, 0.15) is 51.6 Å². The fourth-order valence-corrected chi connectivity index (χ4v) is 3.07. The van der Waals surface area contributed by atoms with Crippen molar-refractivity contribution in [2.45, 2.75) is 51.9 Å². The second-order valence-corrected chi connectivity index (χ2v) is 8.33. The summed E-state index contributed by atoms with van der Waals surface area (Å²) in [6, 6.07) is 9.53. The third-order valence-electron chi connectivity index (χ3n) is 4.68. The number of aromatic amines is 1. The van der Waals surface area contributed by atoms with Gasteiger partial charge in [-0.15, -0.1) is 0 Å². The zero-order valence-corrected chi connectivity index (χ0v) is 15.6. The van der Waals surface area contributed by atoms with Crippen molar-refractivity contribution in [1.82, 2.24) is 14.5 Å². The highest BCUT2D eigenvalue weighted by atomic mass is 19.1. The molecule has 0 atom stereocenters. The van der Waals surface area contributed by atoms with E-state index in [-0.39, 0.29) is 16.6 Å². The quantitative estimate of drug-likeness (QED) is 0.700. The Morgan fingerprint density at radius 1 is 1.12 bits per heavy atom. The van der Waals surface area contributed by atoms with Gasteiger partial charge in [0.05, 0.1) is 17.7 Å². The number of hydrogen-bond donors (Lipinski definition) is 1. The standard InChI is InChI=1S/C21H26FN3/c1-20(2,3)15-8-9-18(17(22)11-15)25-13-16(24-14-25)12-21(4,5)19-7-6-10-23-19/h6-11,13-14,23H,12H2,1-5H3. The molecule has 3 rings (SSSR count). The van der Waals surface area contributed by atoms with Crippen LogP contribution < -0.4 is 0 Å². The smallest absolute Gasteiger partial charge is 0.147 e. The fourth-order valence-electron chi connectivity index (χ4n) is 3.07. The number of nitrogens with one attached hydrogen (secondary N) is 1. The van der Waals surface area contributed by atoms with E-state index in [0.29, 0.717) is 5.69 Å². The van der Waals surface area contributed by atoms with E-state index < -0.39 is 0 Å². The summed E-state index contributed by atoms with van der Waals surface area (Å²) in [4.78, 5) is 7.75. The number of rotatable bonds is 4. The molecule has 0 aliphatic heterocycles. The molecule has 2 aromatic heterocycles. The number of imidazole rings is 1. The molecule has 1 N–H and O–H groups in total. The van der Waals surface area contributed by atoms with Gasteiger partial charge in [0.25, 0.3) is 0 Å². The van der Waals surface area contributed by atoms with Crippen molar-refractivity contribution in [3.05, 3.63) is 71.8 Å². The predicted octanol–water partition coefficient (Wildman–Crippen LogP) is 5.16. The molecule has 3 aromatic rings. The lowest BCUT2D eigenvalue weighted by Gasteiger charge is -2.22. The minimum absolute atomic E-state index is 0.0582. The minimum Gasteiger partial charge on any atom is -0.365 e. The second kappa shape index (κ2) is 6.17. The molecule has 0 spiro atoms. The van der Waals surface area contributed by atoms with Gasteiger partial charge < -0.3 is 9.55 Å². The molecule has 0 unspecified atom stereocenters. The molecule has 25 heavy (non-hydrogen) atoms. The summed E-state index contributed by atoms with van der Waals surface area (Å²) in [6.07, 6.45) is 6.32. The molecule has 132 valence electrons. The molecule has 0 amide bonds. The lowest BCUT2D eigenvalue weighted by Crippen LogP contribution is -2.21. The molecule has 3 nitrogen and oxygen atoms in total. The van der Waals surface area contributed by atoms with Crippen LogP contribution >= 0.6 is 0 Å². The van der Waals surface area contributed by atoms with E-state index in [0.717, 1.165) is 17.7 Å². The van der Waals surface area contributed by atoms with Crippen molar-refractivity contribution in [2.75, 3.05) is 0 Å². The second-order valence-electron chi connectivity index (χ2n) is 8.33. The van der Waals surface area contributed by atoms with Crippen molar-refractivity contribution in [2.24, 2.45) is 0 Å². The summed E-state index contributed by atoms with van der Waals surface area (Å²) >= 11 is 0. The van der Waals surface area contributed by atoms with Crippen LogP contribution in [0.4, 0.5) is 4.39 Å². The van der Waals surface area contributed by atoms with Crippen LogP contribution in [0.25, 0.3) is 5.69 Å². The first kappa shape index (κ1) is 17.5. The summed E-state index contributed by atoms with van der Waals surface area (Å²) in [6.45, 7) is 10.6. The summed E-state index contributed by atoms with van der Waals surface area (Å²) in [5.41, 5.74) is 3.50. The van der Waals surface area contributed by atoms with Gasteiger partial charge >= 0.3 is 0 Å². The molecular formula is C21H26FN3. The maximum atomic E-state index is 14.6. The molecule has 4 heteroatoms. The molecule has 2 heterocycles. The van der Waals surface area contributed by atoms with Gasteiger partial charge in [0.1, 0.15) is 5.82 Å². The van der Waals surface area contributed by atoms with Gasteiger partial charge in [-0.05, 0) is 35.2 Å². The van der Waals surface area contributed by atoms with Gasteiger partial charge in [-0.1, -0.05) is 40.7 Å². The average molecular weight is 339 g/mol. The topological polar surface area (TPSA) is 33.6 Å². The van der Waals surface area contributed by atoms with Crippen LogP contribution in [0.5, 0.6) is 0 Å². The molecule has 0 saturated carbocycles. The van der Waals surface area contributed by atoms with Crippen molar-refractivity contribution >= 4 is 0 Å². The lowest BCUT2D eigenvalue weighted by atomic mass is 9.84. The average Bonchev–Trinajstić information content (AvgIpc) is 3.17. The van der Waals surface area contributed by atoms with Gasteiger partial charge in [0.2, 0.25) is 0 Å². The van der Waals surface area contributed by atoms with E-state index >= 15 is 0 Å². The van der Waals surface area contributed by atoms with Gasteiger partial charge in [-0.25, -0.2) is 9.37 Å². The van der Waals surface area contributed by atoms with Crippen molar-refractivity contribution in [1.29, 1.82) is 0 Å². The molecule has 0 radical (unpaired) electrons. The van der Waals surface area contributed by atoms with Gasteiger partial charge in [0.15, 0.2) is 0 Å². The number of hydrogen-bond acceptors (Lipinski definition) is 1. The highest BCUT2D eigenvalue weighted by Crippen LogP contribution is 2.28. The molecule has 1 aromatic carbocycles. The van der Waals surface area contributed by atoms with E-state index in [4.69, 9.17) is 0 Å². The van der Waals surface area contributed by atoms with Crippen LogP contribution in [0.3, 0.4) is 0 Å². The highest BCUT2D eigenvalue weighted by Gasteiger charge is 2.23. The monoisotopic (exact) mass is 339 g/mol. The minimum atomic E-state index is -0.222.